The van der Waals surface area contributed by atoms with Gasteiger partial charge in [-0.05, 0) is 42.0 Å². The van der Waals surface area contributed by atoms with Crippen LogP contribution in [-0.2, 0) is 6.18 Å². The molecule has 0 radical (unpaired) electrons. The monoisotopic (exact) mass is 310 g/mol. The molecule has 0 spiro atoms. The normalized spacial score (nSPS) is 11.2. The molecule has 5 heteroatoms. The van der Waals surface area contributed by atoms with Crippen molar-refractivity contribution in [2.75, 3.05) is 0 Å². The maximum Gasteiger partial charge on any atom is 0.416 e. The second kappa shape index (κ2) is 5.74. The zero-order valence-corrected chi connectivity index (χ0v) is 11.5. The van der Waals surface area contributed by atoms with Crippen LogP contribution in [0.2, 0.25) is 5.02 Å². The molecule has 0 saturated carbocycles. The highest BCUT2D eigenvalue weighted by atomic mass is 35.5. The third kappa shape index (κ3) is 3.52. The lowest BCUT2D eigenvalue weighted by atomic mass is 9.97. The number of carbonyl (C=O) groups excluding carboxylic acids is 1. The van der Waals surface area contributed by atoms with Gasteiger partial charge in [0.15, 0.2) is 5.78 Å². The molecule has 0 atom stereocenters. The second-order valence-corrected chi connectivity index (χ2v) is 4.83. The van der Waals surface area contributed by atoms with E-state index < -0.39 is 17.5 Å². The van der Waals surface area contributed by atoms with Crippen LogP contribution in [0.5, 0.6) is 0 Å². The van der Waals surface area contributed by atoms with E-state index in [1.807, 2.05) is 0 Å². The average Bonchev–Trinajstić information content (AvgIpc) is 2.46. The van der Waals surface area contributed by atoms with Gasteiger partial charge in [-0.1, -0.05) is 30.3 Å². The molecule has 0 N–H and O–H groups in total. The third-order valence-electron chi connectivity index (χ3n) is 2.92. The molecule has 2 aromatic rings. The summed E-state index contributed by atoms with van der Waals surface area (Å²) in [6.07, 6.45) is -4.46. The molecule has 2 aromatic carbocycles. The molecular formula is C16H10ClF3O. The van der Waals surface area contributed by atoms with Gasteiger partial charge in [-0.2, -0.15) is 13.2 Å². The van der Waals surface area contributed by atoms with Gasteiger partial charge in [-0.3, -0.25) is 4.79 Å². The minimum absolute atomic E-state index is 0.00317. The van der Waals surface area contributed by atoms with E-state index in [1.165, 1.54) is 36.4 Å². The van der Waals surface area contributed by atoms with Crippen LogP contribution in [0.1, 0.15) is 21.5 Å². The van der Waals surface area contributed by atoms with Crippen molar-refractivity contribution in [3.8, 4) is 0 Å². The van der Waals surface area contributed by atoms with Crippen LogP contribution < -0.4 is 0 Å². The summed E-state index contributed by atoms with van der Waals surface area (Å²) in [5.41, 5.74) is -0.347. The quantitative estimate of drug-likeness (QED) is 0.558. The highest BCUT2D eigenvalue weighted by Crippen LogP contribution is 2.31. The fourth-order valence-corrected chi connectivity index (χ4v) is 1.92. The Labute approximate surface area is 124 Å². The summed E-state index contributed by atoms with van der Waals surface area (Å²) in [7, 11) is 0. The van der Waals surface area contributed by atoms with E-state index in [0.717, 1.165) is 12.1 Å². The van der Waals surface area contributed by atoms with Crippen molar-refractivity contribution in [2.45, 2.75) is 6.18 Å². The number of halogens is 4. The molecule has 0 amide bonds. The van der Waals surface area contributed by atoms with Crippen molar-refractivity contribution in [1.29, 1.82) is 0 Å². The van der Waals surface area contributed by atoms with Crippen molar-refractivity contribution in [3.05, 3.63) is 76.8 Å². The van der Waals surface area contributed by atoms with E-state index in [2.05, 4.69) is 6.58 Å². The molecule has 0 bridgehead atoms. The largest absolute Gasteiger partial charge is 0.416 e. The fraction of sp³-hybridized carbons (Fsp3) is 0.0625. The van der Waals surface area contributed by atoms with Gasteiger partial charge in [0.05, 0.1) is 5.56 Å². The molecule has 1 nitrogen and oxygen atoms in total. The van der Waals surface area contributed by atoms with Crippen LogP contribution in [0.4, 0.5) is 13.2 Å². The second-order valence-electron chi connectivity index (χ2n) is 4.39. The minimum Gasteiger partial charge on any atom is -0.289 e. The van der Waals surface area contributed by atoms with E-state index in [0.29, 0.717) is 10.6 Å². The highest BCUT2D eigenvalue weighted by molar-refractivity contribution is 6.31. The lowest BCUT2D eigenvalue weighted by Crippen LogP contribution is -2.07. The first-order valence-electron chi connectivity index (χ1n) is 5.96. The Morgan fingerprint density at radius 2 is 1.62 bits per heavy atom. The van der Waals surface area contributed by atoms with Gasteiger partial charge >= 0.3 is 6.18 Å². The van der Waals surface area contributed by atoms with Gasteiger partial charge in [0, 0.05) is 16.2 Å². The maximum atomic E-state index is 12.7. The number of Topliss-reactive ketones (excluding diaryl/α,β-unsaturated/α-hetero) is 1. The molecule has 0 saturated heterocycles. The Kier molecular flexibility index (Phi) is 4.19. The molecule has 0 aliphatic carbocycles. The Balaban J connectivity index is 2.32. The molecule has 0 aliphatic rings. The smallest absolute Gasteiger partial charge is 0.289 e. The van der Waals surface area contributed by atoms with Crippen LogP contribution in [0.15, 0.2) is 55.1 Å². The lowest BCUT2D eigenvalue weighted by molar-refractivity contribution is -0.137. The van der Waals surface area contributed by atoms with E-state index >= 15 is 0 Å². The van der Waals surface area contributed by atoms with E-state index in [4.69, 9.17) is 11.6 Å². The SMILES string of the molecule is C=C(C(=O)c1ccc(Cl)cc1)c1cccc(C(F)(F)F)c1. The lowest BCUT2D eigenvalue weighted by Gasteiger charge is -2.10. The number of hydrogen-bond donors (Lipinski definition) is 0. The summed E-state index contributed by atoms with van der Waals surface area (Å²) in [5, 5.41) is 0.469. The summed E-state index contributed by atoms with van der Waals surface area (Å²) < 4.78 is 38.0. The minimum atomic E-state index is -4.46. The first kappa shape index (κ1) is 15.3. The summed E-state index contributed by atoms with van der Waals surface area (Å²) in [4.78, 5) is 12.2. The number of alkyl halides is 3. The number of allylic oxidation sites excluding steroid dienone is 1. The van der Waals surface area contributed by atoms with Gasteiger partial charge in [-0.25, -0.2) is 0 Å². The highest BCUT2D eigenvalue weighted by Gasteiger charge is 2.30. The summed E-state index contributed by atoms with van der Waals surface area (Å²) in [6.45, 7) is 3.60. The number of hydrogen-bond acceptors (Lipinski definition) is 1. The Bertz CT molecular complexity index is 687. The first-order chi connectivity index (χ1) is 9.79. The molecule has 0 fully saturated rings. The number of ketones is 1. The summed E-state index contributed by atoms with van der Waals surface area (Å²) >= 11 is 5.73. The van der Waals surface area contributed by atoms with Gasteiger partial charge in [0.25, 0.3) is 0 Å². The zero-order chi connectivity index (χ0) is 15.6. The molecule has 0 heterocycles. The third-order valence-corrected chi connectivity index (χ3v) is 3.17. The Morgan fingerprint density at radius 1 is 1.00 bits per heavy atom. The number of rotatable bonds is 3. The van der Waals surface area contributed by atoms with E-state index in [9.17, 15) is 18.0 Å². The number of benzene rings is 2. The molecule has 108 valence electrons. The zero-order valence-electron chi connectivity index (χ0n) is 10.7. The van der Waals surface area contributed by atoms with Crippen molar-refractivity contribution in [2.24, 2.45) is 0 Å². The van der Waals surface area contributed by atoms with Crippen LogP contribution in [-0.4, -0.2) is 5.78 Å². The topological polar surface area (TPSA) is 17.1 Å². The van der Waals surface area contributed by atoms with Gasteiger partial charge in [-0.15, -0.1) is 0 Å². The van der Waals surface area contributed by atoms with Crippen molar-refractivity contribution < 1.29 is 18.0 Å². The molecule has 0 aliphatic heterocycles. The number of carbonyl (C=O) groups is 1. The van der Waals surface area contributed by atoms with Crippen molar-refractivity contribution in [1.82, 2.24) is 0 Å². The van der Waals surface area contributed by atoms with Gasteiger partial charge in [0.1, 0.15) is 0 Å². The van der Waals surface area contributed by atoms with Crippen LogP contribution >= 0.6 is 11.6 Å². The van der Waals surface area contributed by atoms with E-state index in [1.54, 1.807) is 0 Å². The van der Waals surface area contributed by atoms with Crippen LogP contribution in [0.25, 0.3) is 5.57 Å². The van der Waals surface area contributed by atoms with Crippen LogP contribution in [0.3, 0.4) is 0 Å². The predicted octanol–water partition coefficient (Wildman–Crippen LogP) is 5.25. The molecule has 2 rings (SSSR count). The van der Waals surface area contributed by atoms with E-state index in [-0.39, 0.29) is 11.1 Å². The van der Waals surface area contributed by atoms with Crippen molar-refractivity contribution in [3.63, 3.8) is 0 Å². The molecule has 0 aromatic heterocycles. The fourth-order valence-electron chi connectivity index (χ4n) is 1.79. The van der Waals surface area contributed by atoms with Crippen LogP contribution in [0, 0.1) is 0 Å². The summed E-state index contributed by atoms with van der Waals surface area (Å²) in [6, 6.07) is 10.6. The predicted molar refractivity (Wildman–Crippen MR) is 76.3 cm³/mol. The molecule has 0 unspecified atom stereocenters. The first-order valence-corrected chi connectivity index (χ1v) is 6.33. The molecular weight excluding hydrogens is 301 g/mol. The maximum absolute atomic E-state index is 12.7. The Morgan fingerprint density at radius 3 is 2.19 bits per heavy atom. The van der Waals surface area contributed by atoms with Gasteiger partial charge in [0.2, 0.25) is 0 Å². The standard InChI is InChI=1S/C16H10ClF3O/c1-10(15(21)11-5-7-14(17)8-6-11)12-3-2-4-13(9-12)16(18,19)20/h2-9H,1H2. The molecule has 21 heavy (non-hydrogen) atoms. The van der Waals surface area contributed by atoms with Crippen molar-refractivity contribution >= 4 is 23.0 Å². The van der Waals surface area contributed by atoms with Gasteiger partial charge < -0.3 is 0 Å². The average molecular weight is 311 g/mol. The Hall–Kier alpha value is -2.07. The summed E-state index contributed by atoms with van der Waals surface area (Å²) in [5.74, 6) is -0.439.